The van der Waals surface area contributed by atoms with Crippen LogP contribution >= 0.6 is 11.3 Å². The summed E-state index contributed by atoms with van der Waals surface area (Å²) < 4.78 is 0. The van der Waals surface area contributed by atoms with Gasteiger partial charge in [0.1, 0.15) is 0 Å². The van der Waals surface area contributed by atoms with E-state index >= 15 is 0 Å². The summed E-state index contributed by atoms with van der Waals surface area (Å²) in [7, 11) is 5.63. The lowest BCUT2D eigenvalue weighted by molar-refractivity contribution is 0.0827. The molecule has 2 heterocycles. The fourth-order valence-corrected chi connectivity index (χ4v) is 2.96. The molecule has 1 aliphatic rings. The van der Waals surface area contributed by atoms with Crippen LogP contribution in [0, 0.1) is 0 Å². The van der Waals surface area contributed by atoms with Gasteiger partial charge in [0.25, 0.3) is 5.91 Å². The Labute approximate surface area is 99.9 Å². The van der Waals surface area contributed by atoms with Crippen molar-refractivity contribution in [1.29, 1.82) is 0 Å². The zero-order valence-corrected chi connectivity index (χ0v) is 10.8. The molecule has 0 saturated carbocycles. The summed E-state index contributed by atoms with van der Waals surface area (Å²) in [5, 5.41) is 0.630. The van der Waals surface area contributed by atoms with E-state index in [0.29, 0.717) is 5.01 Å². The van der Waals surface area contributed by atoms with E-state index in [-0.39, 0.29) is 5.91 Å². The Kier molecular flexibility index (Phi) is 3.25. The monoisotopic (exact) mass is 239 g/mol. The molecule has 0 spiro atoms. The smallest absolute Gasteiger partial charge is 0.282 e. The summed E-state index contributed by atoms with van der Waals surface area (Å²) in [4.78, 5) is 21.4. The zero-order chi connectivity index (χ0) is 11.7. The van der Waals surface area contributed by atoms with Crippen LogP contribution < -0.4 is 0 Å². The second kappa shape index (κ2) is 4.51. The molecule has 1 aromatic rings. The molecule has 4 nitrogen and oxygen atoms in total. The molecular formula is C11H17N3OS. The van der Waals surface area contributed by atoms with Gasteiger partial charge < -0.3 is 9.80 Å². The summed E-state index contributed by atoms with van der Waals surface area (Å²) in [6.07, 6.45) is 2.21. The van der Waals surface area contributed by atoms with Gasteiger partial charge >= 0.3 is 0 Å². The van der Waals surface area contributed by atoms with Crippen molar-refractivity contribution in [2.45, 2.75) is 19.4 Å². The zero-order valence-electron chi connectivity index (χ0n) is 9.99. The van der Waals surface area contributed by atoms with Crippen LogP contribution in [0.2, 0.25) is 0 Å². The molecule has 0 saturated heterocycles. The van der Waals surface area contributed by atoms with Crippen LogP contribution in [0.1, 0.15) is 26.8 Å². The summed E-state index contributed by atoms with van der Waals surface area (Å²) in [5.41, 5.74) is 1.09. The van der Waals surface area contributed by atoms with Gasteiger partial charge in [-0.3, -0.25) is 4.79 Å². The Bertz CT molecular complexity index is 400. The van der Waals surface area contributed by atoms with Crippen molar-refractivity contribution < 1.29 is 4.79 Å². The second-order valence-corrected chi connectivity index (χ2v) is 5.51. The number of thiazole rings is 1. The molecule has 0 atom stereocenters. The highest BCUT2D eigenvalue weighted by molar-refractivity contribution is 7.13. The van der Waals surface area contributed by atoms with Crippen LogP contribution in [0.15, 0.2) is 0 Å². The van der Waals surface area contributed by atoms with Crippen molar-refractivity contribution in [1.82, 2.24) is 14.8 Å². The van der Waals surface area contributed by atoms with E-state index in [2.05, 4.69) is 16.9 Å². The average Bonchev–Trinajstić information content (AvgIpc) is 2.52. The molecule has 0 bridgehead atoms. The third kappa shape index (κ3) is 2.25. The van der Waals surface area contributed by atoms with Crippen molar-refractivity contribution >= 4 is 17.2 Å². The molecule has 1 amide bonds. The summed E-state index contributed by atoms with van der Waals surface area (Å²) in [6.45, 7) is 1.98. The summed E-state index contributed by atoms with van der Waals surface area (Å²) in [6, 6.07) is 0. The van der Waals surface area contributed by atoms with Gasteiger partial charge in [-0.25, -0.2) is 4.98 Å². The normalized spacial score (nSPS) is 16.7. The molecule has 0 fully saturated rings. The number of carbonyl (C=O) groups excluding carboxylic acids is 1. The second-order valence-electron chi connectivity index (χ2n) is 4.43. The van der Waals surface area contributed by atoms with Gasteiger partial charge in [0.2, 0.25) is 0 Å². The lowest BCUT2D eigenvalue weighted by Gasteiger charge is -2.11. The first-order valence-corrected chi connectivity index (χ1v) is 6.28. The SMILES string of the molecule is CN1CCCc2sc(C(=O)N(C)C)nc2C1. The number of nitrogens with zero attached hydrogens (tertiary/aromatic N) is 3. The molecule has 0 N–H and O–H groups in total. The number of amides is 1. The van der Waals surface area contributed by atoms with E-state index in [1.165, 1.54) is 4.88 Å². The average molecular weight is 239 g/mol. The molecule has 1 aliphatic heterocycles. The quantitative estimate of drug-likeness (QED) is 0.739. The van der Waals surface area contributed by atoms with Crippen LogP contribution in [-0.2, 0) is 13.0 Å². The topological polar surface area (TPSA) is 36.4 Å². The molecule has 0 aliphatic carbocycles. The fourth-order valence-electron chi connectivity index (χ4n) is 1.83. The number of rotatable bonds is 1. The van der Waals surface area contributed by atoms with Crippen molar-refractivity contribution in [2.75, 3.05) is 27.7 Å². The van der Waals surface area contributed by atoms with Crippen molar-refractivity contribution in [3.8, 4) is 0 Å². The van der Waals surface area contributed by atoms with Crippen LogP contribution in [0.4, 0.5) is 0 Å². The first-order valence-electron chi connectivity index (χ1n) is 5.46. The van der Waals surface area contributed by atoms with E-state index in [4.69, 9.17) is 0 Å². The van der Waals surface area contributed by atoms with Gasteiger partial charge in [0.05, 0.1) is 5.69 Å². The molecule has 0 aromatic carbocycles. The molecule has 0 unspecified atom stereocenters. The maximum absolute atomic E-state index is 11.8. The van der Waals surface area contributed by atoms with Crippen molar-refractivity contribution in [3.63, 3.8) is 0 Å². The van der Waals surface area contributed by atoms with Gasteiger partial charge in [-0.15, -0.1) is 11.3 Å². The van der Waals surface area contributed by atoms with Gasteiger partial charge in [-0.1, -0.05) is 0 Å². The molecular weight excluding hydrogens is 222 g/mol. The first-order chi connectivity index (χ1) is 7.58. The Hall–Kier alpha value is -0.940. The highest BCUT2D eigenvalue weighted by Crippen LogP contribution is 2.24. The van der Waals surface area contributed by atoms with E-state index in [9.17, 15) is 4.79 Å². The van der Waals surface area contributed by atoms with Gasteiger partial charge in [-0.05, 0) is 26.4 Å². The van der Waals surface area contributed by atoms with Crippen molar-refractivity contribution in [3.05, 3.63) is 15.6 Å². The third-order valence-electron chi connectivity index (χ3n) is 2.73. The molecule has 1 aromatic heterocycles. The first kappa shape index (κ1) is 11.5. The van der Waals surface area contributed by atoms with E-state index in [1.54, 1.807) is 30.3 Å². The van der Waals surface area contributed by atoms with Crippen molar-refractivity contribution in [2.24, 2.45) is 0 Å². The predicted molar refractivity (Wildman–Crippen MR) is 64.8 cm³/mol. The molecule has 88 valence electrons. The summed E-state index contributed by atoms with van der Waals surface area (Å²) >= 11 is 1.56. The number of fused-ring (bicyclic) bond motifs is 1. The largest absolute Gasteiger partial charge is 0.343 e. The maximum Gasteiger partial charge on any atom is 0.282 e. The third-order valence-corrected chi connectivity index (χ3v) is 3.88. The molecule has 2 rings (SSSR count). The van der Waals surface area contributed by atoms with Gasteiger partial charge in [0, 0.05) is 25.5 Å². The Morgan fingerprint density at radius 1 is 1.50 bits per heavy atom. The van der Waals surface area contributed by atoms with Crippen LogP contribution in [-0.4, -0.2) is 48.4 Å². The minimum Gasteiger partial charge on any atom is -0.343 e. The molecule has 0 radical (unpaired) electrons. The number of hydrogen-bond donors (Lipinski definition) is 0. The van der Waals surface area contributed by atoms with E-state index in [0.717, 1.165) is 31.6 Å². The van der Waals surface area contributed by atoms with Gasteiger partial charge in [0.15, 0.2) is 5.01 Å². The highest BCUT2D eigenvalue weighted by atomic mass is 32.1. The molecule has 16 heavy (non-hydrogen) atoms. The Morgan fingerprint density at radius 3 is 2.94 bits per heavy atom. The Morgan fingerprint density at radius 2 is 2.25 bits per heavy atom. The van der Waals surface area contributed by atoms with Crippen LogP contribution in [0.25, 0.3) is 0 Å². The van der Waals surface area contributed by atoms with Crippen LogP contribution in [0.3, 0.4) is 0 Å². The lowest BCUT2D eigenvalue weighted by atomic mass is 10.2. The fraction of sp³-hybridized carbons (Fsp3) is 0.636. The number of aromatic nitrogens is 1. The standard InChI is InChI=1S/C11H17N3OS/c1-13(2)11(15)10-12-8-7-14(3)6-4-5-9(8)16-10/h4-7H2,1-3H3. The maximum atomic E-state index is 11.8. The minimum atomic E-state index is 0.0146. The number of aryl methyl sites for hydroxylation is 1. The van der Waals surface area contributed by atoms with Crippen LogP contribution in [0.5, 0.6) is 0 Å². The Balaban J connectivity index is 2.26. The van der Waals surface area contributed by atoms with E-state index < -0.39 is 0 Å². The predicted octanol–water partition coefficient (Wildman–Crippen LogP) is 1.22. The highest BCUT2D eigenvalue weighted by Gasteiger charge is 2.20. The summed E-state index contributed by atoms with van der Waals surface area (Å²) in [5.74, 6) is 0.0146. The van der Waals surface area contributed by atoms with E-state index in [1.807, 2.05) is 0 Å². The number of carbonyl (C=O) groups is 1. The lowest BCUT2D eigenvalue weighted by Crippen LogP contribution is -2.22. The van der Waals surface area contributed by atoms with Gasteiger partial charge in [-0.2, -0.15) is 0 Å². The minimum absolute atomic E-state index is 0.0146. The molecule has 5 heteroatoms. The number of hydrogen-bond acceptors (Lipinski definition) is 4.